The second-order valence-electron chi connectivity index (χ2n) is 4.97. The van der Waals surface area contributed by atoms with Gasteiger partial charge >= 0.3 is 18.4 Å². The van der Waals surface area contributed by atoms with Gasteiger partial charge in [-0.2, -0.15) is 29.9 Å². The first-order valence-electron chi connectivity index (χ1n) is 7.05. The van der Waals surface area contributed by atoms with Crippen LogP contribution >= 0.6 is 23.1 Å². The number of rotatable bonds is 5. The molecule has 0 radical (unpaired) electrons. The van der Waals surface area contributed by atoms with Gasteiger partial charge < -0.3 is 9.30 Å². The lowest BCUT2D eigenvalue weighted by Gasteiger charge is -2.09. The molecule has 0 bridgehead atoms. The predicted octanol–water partition coefficient (Wildman–Crippen LogP) is 4.34. The van der Waals surface area contributed by atoms with Crippen molar-refractivity contribution >= 4 is 39.2 Å². The monoisotopic (exact) mass is 418 g/mol. The molecular weight excluding hydrogens is 406 g/mol. The minimum absolute atomic E-state index is 0.227. The number of aromatic nitrogens is 1. The molecule has 0 saturated carbocycles. The Bertz CT molecular complexity index is 854. The molecule has 0 N–H and O–H groups in total. The maximum Gasteiger partial charge on any atom is 0.573 e. The zero-order valence-corrected chi connectivity index (χ0v) is 14.8. The number of fused-ring (bicyclic) bond motifs is 1. The number of thiazole rings is 1. The third kappa shape index (κ3) is 5.40. The highest BCUT2D eigenvalue weighted by Crippen LogP contribution is 2.28. The molecule has 0 fully saturated rings. The molecule has 26 heavy (non-hydrogen) atoms. The van der Waals surface area contributed by atoms with Crippen LogP contribution in [0.4, 0.5) is 26.3 Å². The van der Waals surface area contributed by atoms with E-state index in [0.717, 1.165) is 12.1 Å². The molecule has 1 amide bonds. The number of halogens is 6. The Kier molecular flexibility index (Phi) is 6.27. The van der Waals surface area contributed by atoms with Gasteiger partial charge in [0.25, 0.3) is 0 Å². The number of nitrogens with zero attached hydrogens (tertiary/aromatic N) is 2. The van der Waals surface area contributed by atoms with Crippen molar-refractivity contribution in [2.45, 2.75) is 25.5 Å². The van der Waals surface area contributed by atoms with Crippen LogP contribution in [0.2, 0.25) is 0 Å². The van der Waals surface area contributed by atoms with Gasteiger partial charge in [-0.25, -0.2) is 0 Å². The van der Waals surface area contributed by atoms with Crippen LogP contribution in [0.1, 0.15) is 6.42 Å². The molecule has 4 nitrogen and oxygen atoms in total. The lowest BCUT2D eigenvalue weighted by atomic mass is 10.3. The van der Waals surface area contributed by atoms with E-state index in [1.807, 2.05) is 6.26 Å². The van der Waals surface area contributed by atoms with Crippen molar-refractivity contribution in [3.05, 3.63) is 23.0 Å². The summed E-state index contributed by atoms with van der Waals surface area (Å²) in [7, 11) is 0. The van der Waals surface area contributed by atoms with Crippen molar-refractivity contribution in [1.82, 2.24) is 4.57 Å². The van der Waals surface area contributed by atoms with Crippen LogP contribution in [0, 0.1) is 0 Å². The van der Waals surface area contributed by atoms with Crippen LogP contribution in [0.3, 0.4) is 0 Å². The highest BCUT2D eigenvalue weighted by Gasteiger charge is 2.38. The minimum Gasteiger partial charge on any atom is -0.406 e. The third-order valence-electron chi connectivity index (χ3n) is 3.06. The molecule has 1 aromatic carbocycles. The maximum absolute atomic E-state index is 12.5. The first-order chi connectivity index (χ1) is 12.0. The molecule has 2 rings (SSSR count). The number of amides is 1. The van der Waals surface area contributed by atoms with E-state index in [1.165, 1.54) is 22.4 Å². The van der Waals surface area contributed by atoms with Crippen LogP contribution in [0.25, 0.3) is 10.2 Å². The van der Waals surface area contributed by atoms with E-state index in [-0.39, 0.29) is 16.0 Å². The van der Waals surface area contributed by atoms with E-state index < -0.39 is 24.2 Å². The van der Waals surface area contributed by atoms with Gasteiger partial charge in [0.1, 0.15) is 5.75 Å². The second-order valence-corrected chi connectivity index (χ2v) is 6.97. The molecule has 144 valence electrons. The van der Waals surface area contributed by atoms with Gasteiger partial charge in [-0.05, 0) is 36.6 Å². The van der Waals surface area contributed by atoms with E-state index in [1.54, 1.807) is 0 Å². The van der Waals surface area contributed by atoms with Crippen LogP contribution in [-0.4, -0.2) is 35.0 Å². The molecule has 2 aromatic rings. The van der Waals surface area contributed by atoms with Crippen LogP contribution in [-0.2, 0) is 11.3 Å². The number of hydrogen-bond acceptors (Lipinski definition) is 4. The average Bonchev–Trinajstić information content (AvgIpc) is 2.82. The van der Waals surface area contributed by atoms with Crippen LogP contribution < -0.4 is 9.54 Å². The number of carbonyl (C=O) groups excluding carboxylic acids is 1. The fourth-order valence-corrected chi connectivity index (χ4v) is 3.57. The molecule has 1 heterocycles. The zero-order valence-electron chi connectivity index (χ0n) is 13.1. The molecule has 0 saturated heterocycles. The Morgan fingerprint density at radius 2 is 1.96 bits per heavy atom. The Morgan fingerprint density at radius 1 is 1.27 bits per heavy atom. The highest BCUT2D eigenvalue weighted by molar-refractivity contribution is 7.98. The van der Waals surface area contributed by atoms with Crippen molar-refractivity contribution in [3.8, 4) is 5.75 Å². The number of thioether (sulfide) groups is 1. The van der Waals surface area contributed by atoms with E-state index >= 15 is 0 Å². The third-order valence-corrected chi connectivity index (χ3v) is 4.80. The normalized spacial score (nSPS) is 13.4. The van der Waals surface area contributed by atoms with Crippen molar-refractivity contribution in [2.75, 3.05) is 12.0 Å². The van der Waals surface area contributed by atoms with Gasteiger partial charge in [0.15, 0.2) is 4.80 Å². The second kappa shape index (κ2) is 7.91. The van der Waals surface area contributed by atoms with Gasteiger partial charge in [0, 0.05) is 6.54 Å². The summed E-state index contributed by atoms with van der Waals surface area (Å²) < 4.78 is 79.8. The van der Waals surface area contributed by atoms with E-state index in [0.29, 0.717) is 29.0 Å². The summed E-state index contributed by atoms with van der Waals surface area (Å²) in [5.74, 6) is -2.06. The molecule has 0 atom stereocenters. The Labute approximate surface area is 151 Å². The maximum atomic E-state index is 12.5. The average molecular weight is 418 g/mol. The lowest BCUT2D eigenvalue weighted by molar-refractivity contribution is -0.274. The van der Waals surface area contributed by atoms with Crippen molar-refractivity contribution in [2.24, 2.45) is 4.99 Å². The Hall–Kier alpha value is -1.69. The van der Waals surface area contributed by atoms with Gasteiger partial charge in [0.2, 0.25) is 0 Å². The molecule has 1 aromatic heterocycles. The molecule has 0 unspecified atom stereocenters. The number of hydrogen-bond donors (Lipinski definition) is 0. The van der Waals surface area contributed by atoms with Crippen molar-refractivity contribution in [3.63, 3.8) is 0 Å². The molecule has 0 aliphatic rings. The van der Waals surface area contributed by atoms with E-state index in [4.69, 9.17) is 0 Å². The summed E-state index contributed by atoms with van der Waals surface area (Å²) in [5, 5.41) is 0. The topological polar surface area (TPSA) is 43.6 Å². The summed E-state index contributed by atoms with van der Waals surface area (Å²) in [5.41, 5.74) is 0.374. The smallest absolute Gasteiger partial charge is 0.406 e. The summed E-state index contributed by atoms with van der Waals surface area (Å²) in [6.45, 7) is 0.268. The van der Waals surface area contributed by atoms with E-state index in [9.17, 15) is 31.1 Å². The van der Waals surface area contributed by atoms with Gasteiger partial charge in [-0.15, -0.1) is 13.2 Å². The van der Waals surface area contributed by atoms with E-state index in [2.05, 4.69) is 9.73 Å². The Balaban J connectivity index is 2.52. The standard InChI is InChI=1S/C14H12F6N2O2S2/c1-25-6-2-5-22-9-4-3-8(24-14(18,19)20)7-10(9)26-12(22)21-11(23)13(15,16)17/h3-4,7H,2,5-6H2,1H3. The first kappa shape index (κ1) is 20.6. The molecule has 12 heteroatoms. The number of carbonyl (C=O) groups is 1. The predicted molar refractivity (Wildman–Crippen MR) is 86.1 cm³/mol. The van der Waals surface area contributed by atoms with Crippen molar-refractivity contribution in [1.29, 1.82) is 0 Å². The Morgan fingerprint density at radius 3 is 2.54 bits per heavy atom. The number of ether oxygens (including phenoxy) is 1. The molecule has 0 aliphatic carbocycles. The van der Waals surface area contributed by atoms with Gasteiger partial charge in [-0.3, -0.25) is 4.79 Å². The lowest BCUT2D eigenvalue weighted by Crippen LogP contribution is -2.25. The largest absolute Gasteiger partial charge is 0.573 e. The number of aryl methyl sites for hydroxylation is 1. The summed E-state index contributed by atoms with van der Waals surface area (Å²) >= 11 is 2.22. The molecule has 0 spiro atoms. The summed E-state index contributed by atoms with van der Waals surface area (Å²) in [4.78, 5) is 14.0. The SMILES string of the molecule is CSCCCn1c(=NC(=O)C(F)(F)F)sc2cc(OC(F)(F)F)ccc21. The van der Waals surface area contributed by atoms with Gasteiger partial charge in [-0.1, -0.05) is 11.3 Å². The summed E-state index contributed by atoms with van der Waals surface area (Å²) in [6, 6.07) is 3.40. The molecule has 0 aliphatic heterocycles. The van der Waals surface area contributed by atoms with Crippen LogP contribution in [0.15, 0.2) is 23.2 Å². The quantitative estimate of drug-likeness (QED) is 0.536. The number of alkyl halides is 6. The van der Waals surface area contributed by atoms with Crippen LogP contribution in [0.5, 0.6) is 5.75 Å². The fraction of sp³-hybridized carbons (Fsp3) is 0.429. The fourth-order valence-electron chi connectivity index (χ4n) is 2.07. The number of benzene rings is 1. The molecular formula is C14H12F6N2O2S2. The zero-order chi connectivity index (χ0) is 19.5. The minimum atomic E-state index is -5.13. The van der Waals surface area contributed by atoms with Gasteiger partial charge in [0.05, 0.1) is 10.2 Å². The first-order valence-corrected chi connectivity index (χ1v) is 9.26. The van der Waals surface area contributed by atoms with Crippen molar-refractivity contribution < 1.29 is 35.9 Å². The summed E-state index contributed by atoms with van der Waals surface area (Å²) in [6.07, 6.45) is -7.58. The highest BCUT2D eigenvalue weighted by atomic mass is 32.2.